The fourth-order valence-corrected chi connectivity index (χ4v) is 5.91. The quantitative estimate of drug-likeness (QED) is 0.316. The number of anilines is 1. The molecule has 5 rings (SSSR count). The van der Waals surface area contributed by atoms with Gasteiger partial charge in [-0.3, -0.25) is 14.5 Å². The van der Waals surface area contributed by atoms with E-state index in [1.165, 1.54) is 34.7 Å². The molecular weight excluding hydrogens is 484 g/mol. The number of aryl methyl sites for hydroxylation is 1. The van der Waals surface area contributed by atoms with Crippen molar-refractivity contribution in [2.75, 3.05) is 18.6 Å². The van der Waals surface area contributed by atoms with Crippen LogP contribution in [0.2, 0.25) is 0 Å². The zero-order chi connectivity index (χ0) is 24.7. The molecule has 0 spiro atoms. The Labute approximate surface area is 209 Å². The van der Waals surface area contributed by atoms with Crippen LogP contribution in [0, 0.1) is 6.92 Å². The van der Waals surface area contributed by atoms with Gasteiger partial charge in [-0.25, -0.2) is 4.98 Å². The Bertz CT molecular complexity index is 1470. The first-order valence-electron chi connectivity index (χ1n) is 11.0. The molecule has 2 aromatic heterocycles. The van der Waals surface area contributed by atoms with E-state index < -0.39 is 23.5 Å². The summed E-state index contributed by atoms with van der Waals surface area (Å²) in [6, 6.07) is 13.6. The van der Waals surface area contributed by atoms with Crippen molar-refractivity contribution in [2.24, 2.45) is 0 Å². The summed E-state index contributed by atoms with van der Waals surface area (Å²) in [4.78, 5) is 33.4. The lowest BCUT2D eigenvalue weighted by molar-refractivity contribution is -0.117. The van der Waals surface area contributed by atoms with Crippen molar-refractivity contribution in [3.8, 4) is 11.5 Å². The third kappa shape index (κ3) is 3.96. The number of aromatic nitrogens is 1. The van der Waals surface area contributed by atoms with E-state index >= 15 is 0 Å². The highest BCUT2D eigenvalue weighted by Crippen LogP contribution is 2.46. The molecule has 1 aliphatic rings. The predicted octanol–water partition coefficient (Wildman–Crippen LogP) is 5.86. The molecule has 1 N–H and O–H groups in total. The van der Waals surface area contributed by atoms with Crippen LogP contribution in [-0.2, 0) is 4.79 Å². The summed E-state index contributed by atoms with van der Waals surface area (Å²) in [6.07, 6.45) is 0. The largest absolute Gasteiger partial charge is 0.503 e. The lowest BCUT2D eigenvalue weighted by atomic mass is 9.95. The summed E-state index contributed by atoms with van der Waals surface area (Å²) in [5.41, 5.74) is 2.42. The van der Waals surface area contributed by atoms with Crippen molar-refractivity contribution in [1.29, 1.82) is 0 Å². The van der Waals surface area contributed by atoms with Gasteiger partial charge in [0.05, 0.1) is 40.4 Å². The Hall–Kier alpha value is -3.69. The molecule has 0 saturated heterocycles. The molecule has 1 atom stereocenters. The average molecular weight is 507 g/mol. The van der Waals surface area contributed by atoms with Crippen LogP contribution in [0.15, 0.2) is 65.2 Å². The van der Waals surface area contributed by atoms with Crippen molar-refractivity contribution in [3.63, 3.8) is 0 Å². The van der Waals surface area contributed by atoms with E-state index in [0.29, 0.717) is 33.7 Å². The monoisotopic (exact) mass is 506 g/mol. The van der Waals surface area contributed by atoms with Gasteiger partial charge < -0.3 is 14.6 Å². The van der Waals surface area contributed by atoms with Crippen LogP contribution in [0.25, 0.3) is 10.2 Å². The molecule has 1 unspecified atom stereocenters. The van der Waals surface area contributed by atoms with Crippen molar-refractivity contribution < 1.29 is 24.2 Å². The number of ether oxygens (including phenoxy) is 2. The summed E-state index contributed by atoms with van der Waals surface area (Å²) in [6.45, 7) is 4.32. The first-order chi connectivity index (χ1) is 16.9. The number of thiophene rings is 1. The van der Waals surface area contributed by atoms with Crippen LogP contribution < -0.4 is 14.4 Å². The molecule has 0 saturated carbocycles. The number of methoxy groups -OCH3 is 1. The molecular formula is C26H22N2O5S2. The Kier molecular flexibility index (Phi) is 6.04. The minimum Gasteiger partial charge on any atom is -0.503 e. The van der Waals surface area contributed by atoms with E-state index in [0.717, 1.165) is 15.8 Å². The van der Waals surface area contributed by atoms with Crippen LogP contribution in [0.4, 0.5) is 5.13 Å². The minimum absolute atomic E-state index is 0.0131. The molecule has 0 radical (unpaired) electrons. The number of aliphatic hydroxyl groups excluding tert-OH is 1. The zero-order valence-electron chi connectivity index (χ0n) is 19.3. The van der Waals surface area contributed by atoms with E-state index in [9.17, 15) is 14.7 Å². The average Bonchev–Trinajstić information content (AvgIpc) is 3.58. The van der Waals surface area contributed by atoms with Gasteiger partial charge in [0.15, 0.2) is 22.4 Å². The number of rotatable bonds is 7. The minimum atomic E-state index is -0.886. The number of aliphatic hydroxyl groups is 1. The number of amides is 1. The molecule has 9 heteroatoms. The third-order valence-electron chi connectivity index (χ3n) is 5.74. The number of hydrogen-bond acceptors (Lipinski definition) is 8. The standard InChI is InChI=1S/C26H22N2O5S2/c1-4-33-17-10-8-15(13-18(17)32-3)22-21(23(29)19-6-5-11-34-19)24(30)25(31)28(22)26-27-16-9-7-14(2)12-20(16)35-26/h5-13,22,30H,4H2,1-3H3. The Morgan fingerprint density at radius 1 is 1.17 bits per heavy atom. The van der Waals surface area contributed by atoms with Gasteiger partial charge in [-0.15, -0.1) is 11.3 Å². The highest BCUT2D eigenvalue weighted by atomic mass is 32.1. The predicted molar refractivity (Wildman–Crippen MR) is 137 cm³/mol. The van der Waals surface area contributed by atoms with Crippen LogP contribution in [0.5, 0.6) is 11.5 Å². The first kappa shape index (κ1) is 23.1. The molecule has 178 valence electrons. The summed E-state index contributed by atoms with van der Waals surface area (Å²) >= 11 is 2.59. The van der Waals surface area contributed by atoms with E-state index in [-0.39, 0.29) is 5.57 Å². The number of benzene rings is 2. The first-order valence-corrected chi connectivity index (χ1v) is 12.6. The normalized spacial score (nSPS) is 15.8. The maximum absolute atomic E-state index is 13.5. The van der Waals surface area contributed by atoms with E-state index in [1.54, 1.807) is 35.7 Å². The van der Waals surface area contributed by atoms with Crippen molar-refractivity contribution >= 4 is 49.7 Å². The molecule has 35 heavy (non-hydrogen) atoms. The molecule has 7 nitrogen and oxygen atoms in total. The van der Waals surface area contributed by atoms with Gasteiger partial charge >= 0.3 is 0 Å². The Balaban J connectivity index is 1.69. The maximum Gasteiger partial charge on any atom is 0.296 e. The second kappa shape index (κ2) is 9.16. The summed E-state index contributed by atoms with van der Waals surface area (Å²) in [7, 11) is 1.53. The second-order valence-electron chi connectivity index (χ2n) is 7.96. The third-order valence-corrected chi connectivity index (χ3v) is 7.63. The van der Waals surface area contributed by atoms with E-state index in [1.807, 2.05) is 32.0 Å². The van der Waals surface area contributed by atoms with Crippen molar-refractivity contribution in [3.05, 3.63) is 81.2 Å². The highest BCUT2D eigenvalue weighted by Gasteiger charge is 2.46. The van der Waals surface area contributed by atoms with Gasteiger partial charge in [0.1, 0.15) is 0 Å². The number of Topliss-reactive ketones (excluding diaryl/α,β-unsaturated/α-hetero) is 1. The summed E-state index contributed by atoms with van der Waals surface area (Å²) in [5, 5.41) is 13.1. The number of ketones is 1. The number of carbonyl (C=O) groups is 2. The zero-order valence-corrected chi connectivity index (χ0v) is 20.9. The molecule has 0 bridgehead atoms. The lowest BCUT2D eigenvalue weighted by Gasteiger charge is -2.25. The van der Waals surface area contributed by atoms with Gasteiger partial charge in [-0.1, -0.05) is 29.5 Å². The smallest absolute Gasteiger partial charge is 0.296 e. The second-order valence-corrected chi connectivity index (χ2v) is 9.91. The van der Waals surface area contributed by atoms with Gasteiger partial charge in [-0.2, -0.15) is 0 Å². The molecule has 0 fully saturated rings. The van der Waals surface area contributed by atoms with Gasteiger partial charge in [0.2, 0.25) is 5.78 Å². The lowest BCUT2D eigenvalue weighted by Crippen LogP contribution is -2.31. The number of nitrogens with zero attached hydrogens (tertiary/aromatic N) is 2. The topological polar surface area (TPSA) is 89.0 Å². The van der Waals surface area contributed by atoms with Crippen molar-refractivity contribution in [1.82, 2.24) is 4.98 Å². The fourth-order valence-electron chi connectivity index (χ4n) is 4.14. The molecule has 0 aliphatic carbocycles. The van der Waals surface area contributed by atoms with Gasteiger partial charge in [-0.05, 0) is 60.7 Å². The molecule has 2 aromatic carbocycles. The van der Waals surface area contributed by atoms with Crippen LogP contribution in [0.1, 0.15) is 33.8 Å². The highest BCUT2D eigenvalue weighted by molar-refractivity contribution is 7.22. The Morgan fingerprint density at radius 2 is 2.00 bits per heavy atom. The summed E-state index contributed by atoms with van der Waals surface area (Å²) in [5.74, 6) is -0.631. The number of carbonyl (C=O) groups excluding carboxylic acids is 2. The van der Waals surface area contributed by atoms with E-state index in [2.05, 4.69) is 4.98 Å². The van der Waals surface area contributed by atoms with Crippen LogP contribution in [-0.4, -0.2) is 35.5 Å². The van der Waals surface area contributed by atoms with Crippen LogP contribution in [0.3, 0.4) is 0 Å². The molecule has 3 heterocycles. The molecule has 1 aliphatic heterocycles. The maximum atomic E-state index is 13.5. The number of hydrogen-bond donors (Lipinski definition) is 1. The van der Waals surface area contributed by atoms with Crippen molar-refractivity contribution in [2.45, 2.75) is 19.9 Å². The molecule has 4 aromatic rings. The SMILES string of the molecule is CCOc1ccc(C2C(C(=O)c3cccs3)=C(O)C(=O)N2c2nc3ccc(C)cc3s2)cc1OC. The summed E-state index contributed by atoms with van der Waals surface area (Å²) < 4.78 is 12.1. The van der Waals surface area contributed by atoms with Gasteiger partial charge in [0.25, 0.3) is 5.91 Å². The molecule has 1 amide bonds. The van der Waals surface area contributed by atoms with E-state index in [4.69, 9.17) is 9.47 Å². The number of thiazole rings is 1. The fraction of sp³-hybridized carbons (Fsp3) is 0.192. The van der Waals surface area contributed by atoms with Crippen LogP contribution >= 0.6 is 22.7 Å². The Morgan fingerprint density at radius 3 is 2.71 bits per heavy atom. The number of fused-ring (bicyclic) bond motifs is 1. The van der Waals surface area contributed by atoms with Gasteiger partial charge in [0, 0.05) is 0 Å².